The molecule has 0 fully saturated rings. The van der Waals surface area contributed by atoms with E-state index in [2.05, 4.69) is 15.6 Å². The number of benzene rings is 1. The zero-order chi connectivity index (χ0) is 19.9. The molecule has 0 aliphatic carbocycles. The molecule has 0 atom stereocenters. The van der Waals surface area contributed by atoms with Crippen LogP contribution in [0, 0.1) is 10.1 Å². The van der Waals surface area contributed by atoms with Crippen molar-refractivity contribution in [2.75, 3.05) is 36.8 Å². The van der Waals surface area contributed by atoms with Crippen LogP contribution in [0.5, 0.6) is 0 Å². The molecule has 1 heterocycles. The van der Waals surface area contributed by atoms with Crippen LogP contribution in [0.25, 0.3) is 0 Å². The molecule has 1 aromatic heterocycles. The molecule has 10 heteroatoms. The number of sulfonamides is 1. The SMILES string of the molecule is CCN(CC)S(=O)(=O)c1ccc(NCCNc2ccc([N+](=O)[O-])cc2)[nH+]c1. The van der Waals surface area contributed by atoms with Gasteiger partial charge in [0.2, 0.25) is 10.0 Å². The molecule has 0 amide bonds. The second-order valence-corrected chi connectivity index (χ2v) is 7.62. The van der Waals surface area contributed by atoms with Crippen molar-refractivity contribution in [1.82, 2.24) is 4.31 Å². The largest absolute Gasteiger partial charge is 0.381 e. The molecule has 0 aliphatic rings. The van der Waals surface area contributed by atoms with Gasteiger partial charge in [0.1, 0.15) is 17.6 Å². The average Bonchev–Trinajstić information content (AvgIpc) is 2.66. The van der Waals surface area contributed by atoms with E-state index in [1.807, 2.05) is 0 Å². The first kappa shape index (κ1) is 20.6. The van der Waals surface area contributed by atoms with E-state index in [-0.39, 0.29) is 10.6 Å². The van der Waals surface area contributed by atoms with Gasteiger partial charge in [0.05, 0.1) is 11.5 Å². The van der Waals surface area contributed by atoms with Crippen molar-refractivity contribution in [1.29, 1.82) is 0 Å². The molecule has 2 aromatic rings. The fraction of sp³-hybridized carbons (Fsp3) is 0.353. The van der Waals surface area contributed by atoms with E-state index in [0.717, 1.165) is 5.69 Å². The van der Waals surface area contributed by atoms with Crippen molar-refractivity contribution in [2.24, 2.45) is 0 Å². The lowest BCUT2D eigenvalue weighted by Gasteiger charge is -2.17. The second-order valence-electron chi connectivity index (χ2n) is 5.68. The Labute approximate surface area is 158 Å². The lowest BCUT2D eigenvalue weighted by molar-refractivity contribution is -0.384. The van der Waals surface area contributed by atoms with Crippen LogP contribution in [0.1, 0.15) is 13.8 Å². The predicted octanol–water partition coefficient (Wildman–Crippen LogP) is 1.96. The van der Waals surface area contributed by atoms with Crippen LogP contribution in [0.15, 0.2) is 47.5 Å². The van der Waals surface area contributed by atoms with Gasteiger partial charge in [-0.2, -0.15) is 4.31 Å². The summed E-state index contributed by atoms with van der Waals surface area (Å²) < 4.78 is 26.2. The minimum Gasteiger partial charge on any atom is -0.381 e. The topological polar surface area (TPSA) is 119 Å². The van der Waals surface area contributed by atoms with Crippen LogP contribution in [0.2, 0.25) is 0 Å². The highest BCUT2D eigenvalue weighted by atomic mass is 32.2. The number of rotatable bonds is 10. The zero-order valence-corrected chi connectivity index (χ0v) is 16.1. The van der Waals surface area contributed by atoms with E-state index in [0.29, 0.717) is 32.0 Å². The third-order valence-corrected chi connectivity index (χ3v) is 6.02. The fourth-order valence-corrected chi connectivity index (χ4v) is 3.92. The van der Waals surface area contributed by atoms with E-state index in [9.17, 15) is 18.5 Å². The van der Waals surface area contributed by atoms with Crippen LogP contribution in [0.3, 0.4) is 0 Å². The standard InChI is InChI=1S/C17H23N5O4S/c1-3-21(4-2)27(25,26)16-9-10-17(20-13-16)19-12-11-18-14-5-7-15(8-6-14)22(23)24/h5-10,13,18H,3-4,11-12H2,1-2H3,(H,19,20)/p+1. The number of nitrogens with one attached hydrogen (secondary N) is 3. The maximum Gasteiger partial charge on any atom is 0.272 e. The number of H-pyrrole nitrogens is 1. The van der Waals surface area contributed by atoms with Crippen molar-refractivity contribution in [3.8, 4) is 0 Å². The number of hydrogen-bond donors (Lipinski definition) is 2. The highest BCUT2D eigenvalue weighted by molar-refractivity contribution is 7.89. The lowest BCUT2D eigenvalue weighted by Crippen LogP contribution is -2.31. The normalized spacial score (nSPS) is 11.4. The maximum absolute atomic E-state index is 12.4. The Balaban J connectivity index is 1.85. The first-order valence-corrected chi connectivity index (χ1v) is 10.1. The summed E-state index contributed by atoms with van der Waals surface area (Å²) in [6.07, 6.45) is 1.47. The summed E-state index contributed by atoms with van der Waals surface area (Å²) in [6.45, 7) is 5.62. The summed E-state index contributed by atoms with van der Waals surface area (Å²) >= 11 is 0. The van der Waals surface area contributed by atoms with Gasteiger partial charge in [-0.15, -0.1) is 0 Å². The molecule has 0 spiro atoms. The van der Waals surface area contributed by atoms with Gasteiger partial charge < -0.3 is 5.32 Å². The molecular formula is C17H24N5O4S+. The lowest BCUT2D eigenvalue weighted by atomic mass is 10.3. The predicted molar refractivity (Wildman–Crippen MR) is 103 cm³/mol. The molecule has 0 bridgehead atoms. The van der Waals surface area contributed by atoms with Crippen molar-refractivity contribution in [2.45, 2.75) is 18.7 Å². The Morgan fingerprint density at radius 3 is 2.19 bits per heavy atom. The van der Waals surface area contributed by atoms with E-state index >= 15 is 0 Å². The van der Waals surface area contributed by atoms with E-state index in [4.69, 9.17) is 0 Å². The van der Waals surface area contributed by atoms with Crippen LogP contribution >= 0.6 is 0 Å². The Bertz CT molecular complexity index is 850. The number of aromatic nitrogens is 1. The van der Waals surface area contributed by atoms with E-state index in [1.165, 1.54) is 22.6 Å². The summed E-state index contributed by atoms with van der Waals surface area (Å²) in [4.78, 5) is 13.3. The van der Waals surface area contributed by atoms with Crippen LogP contribution in [-0.2, 0) is 10.0 Å². The number of hydrogen-bond acceptors (Lipinski definition) is 6. The number of pyridine rings is 1. The van der Waals surface area contributed by atoms with Crippen LogP contribution in [0.4, 0.5) is 17.2 Å². The minimum atomic E-state index is -3.47. The third kappa shape index (κ3) is 5.38. The number of nitro benzene ring substituents is 1. The number of aromatic amines is 1. The Hall–Kier alpha value is -2.72. The van der Waals surface area contributed by atoms with Gasteiger partial charge in [-0.25, -0.2) is 13.4 Å². The zero-order valence-electron chi connectivity index (χ0n) is 15.3. The van der Waals surface area contributed by atoms with Gasteiger partial charge in [-0.1, -0.05) is 13.8 Å². The summed E-state index contributed by atoms with van der Waals surface area (Å²) in [6, 6.07) is 9.43. The molecule has 146 valence electrons. The summed E-state index contributed by atoms with van der Waals surface area (Å²) in [5.74, 6) is 0.694. The average molecular weight is 394 g/mol. The number of anilines is 2. The molecular weight excluding hydrogens is 370 g/mol. The van der Waals surface area contributed by atoms with Crippen LogP contribution in [-0.4, -0.2) is 43.8 Å². The summed E-state index contributed by atoms with van der Waals surface area (Å²) in [5, 5.41) is 16.9. The van der Waals surface area contributed by atoms with E-state index in [1.54, 1.807) is 38.1 Å². The van der Waals surface area contributed by atoms with Crippen LogP contribution < -0.4 is 15.6 Å². The molecule has 27 heavy (non-hydrogen) atoms. The van der Waals surface area contributed by atoms with Crippen molar-refractivity contribution in [3.63, 3.8) is 0 Å². The summed E-state index contributed by atoms with van der Waals surface area (Å²) in [7, 11) is -3.47. The molecule has 9 nitrogen and oxygen atoms in total. The van der Waals surface area contributed by atoms with Gasteiger partial charge in [-0.05, 0) is 18.2 Å². The first-order valence-electron chi connectivity index (χ1n) is 8.62. The van der Waals surface area contributed by atoms with Gasteiger partial charge in [0.25, 0.3) is 11.5 Å². The third-order valence-electron chi connectivity index (χ3n) is 3.98. The monoisotopic (exact) mass is 394 g/mol. The fourth-order valence-electron chi connectivity index (χ4n) is 2.50. The molecule has 0 saturated carbocycles. The van der Waals surface area contributed by atoms with E-state index < -0.39 is 14.9 Å². The maximum atomic E-state index is 12.4. The van der Waals surface area contributed by atoms with Crippen molar-refractivity contribution < 1.29 is 18.3 Å². The Kier molecular flexibility index (Phi) is 7.08. The first-order chi connectivity index (χ1) is 12.9. The van der Waals surface area contributed by atoms with Crippen molar-refractivity contribution in [3.05, 3.63) is 52.7 Å². The smallest absolute Gasteiger partial charge is 0.272 e. The highest BCUT2D eigenvalue weighted by Crippen LogP contribution is 2.15. The molecule has 2 rings (SSSR count). The number of nitro groups is 1. The quantitative estimate of drug-likeness (QED) is 0.361. The van der Waals surface area contributed by atoms with Gasteiger partial charge in [-0.3, -0.25) is 15.4 Å². The highest BCUT2D eigenvalue weighted by Gasteiger charge is 2.22. The molecule has 0 radical (unpaired) electrons. The Morgan fingerprint density at radius 2 is 1.67 bits per heavy atom. The molecule has 0 unspecified atom stereocenters. The molecule has 3 N–H and O–H groups in total. The van der Waals surface area contributed by atoms with Crippen molar-refractivity contribution >= 4 is 27.2 Å². The van der Waals surface area contributed by atoms with Gasteiger partial charge in [0.15, 0.2) is 0 Å². The minimum absolute atomic E-state index is 0.0491. The number of nitrogens with zero attached hydrogens (tertiary/aromatic N) is 2. The second kappa shape index (κ2) is 9.28. The number of non-ortho nitro benzene ring substituents is 1. The molecule has 1 aromatic carbocycles. The van der Waals surface area contributed by atoms with Gasteiger partial charge in [0, 0.05) is 37.0 Å². The van der Waals surface area contributed by atoms with Gasteiger partial charge >= 0.3 is 0 Å². The Morgan fingerprint density at radius 1 is 1.04 bits per heavy atom. The molecule has 0 aliphatic heterocycles. The molecule has 0 saturated heterocycles. The summed E-state index contributed by atoms with van der Waals surface area (Å²) in [5.41, 5.74) is 0.833.